The quantitative estimate of drug-likeness (QED) is 0.870. The average molecular weight is 313 g/mol. The molecule has 0 atom stereocenters. The highest BCUT2D eigenvalue weighted by Crippen LogP contribution is 2.32. The summed E-state index contributed by atoms with van der Waals surface area (Å²) in [7, 11) is 0. The van der Waals surface area contributed by atoms with Gasteiger partial charge in [-0.15, -0.1) is 0 Å². The number of nitrogens with one attached hydrogen (secondary N) is 1. The fourth-order valence-corrected chi connectivity index (χ4v) is 2.57. The lowest BCUT2D eigenvalue weighted by atomic mass is 10.1. The van der Waals surface area contributed by atoms with E-state index in [1.54, 1.807) is 0 Å². The topological polar surface area (TPSA) is 64.4 Å². The molecule has 1 heterocycles. The van der Waals surface area contributed by atoms with Gasteiger partial charge in [-0.2, -0.15) is 0 Å². The molecule has 0 spiro atoms. The van der Waals surface area contributed by atoms with Crippen molar-refractivity contribution in [2.45, 2.75) is 25.8 Å². The van der Waals surface area contributed by atoms with Crippen LogP contribution in [-0.4, -0.2) is 19.1 Å². The van der Waals surface area contributed by atoms with Gasteiger partial charge >= 0.3 is 0 Å². The molecule has 18 heavy (non-hydrogen) atoms. The summed E-state index contributed by atoms with van der Waals surface area (Å²) in [5.41, 5.74) is 7.60. The van der Waals surface area contributed by atoms with Crippen molar-refractivity contribution in [3.63, 3.8) is 0 Å². The van der Waals surface area contributed by atoms with Gasteiger partial charge in [-0.1, -0.05) is 15.9 Å². The number of carbonyl (C=O) groups excluding carboxylic acids is 1. The first-order valence-corrected chi connectivity index (χ1v) is 6.91. The average Bonchev–Trinajstić information content (AvgIpc) is 2.81. The van der Waals surface area contributed by atoms with E-state index in [1.807, 2.05) is 6.07 Å². The Balaban J connectivity index is 1.99. The zero-order valence-electron chi connectivity index (χ0n) is 10.2. The number of amides is 1. The Hall–Kier alpha value is -1.07. The van der Waals surface area contributed by atoms with Crippen LogP contribution in [0, 0.1) is 0 Å². The van der Waals surface area contributed by atoms with Crippen molar-refractivity contribution in [2.75, 3.05) is 13.2 Å². The molecular formula is C13H17BrN2O2. The van der Waals surface area contributed by atoms with Gasteiger partial charge in [0.2, 0.25) is 5.91 Å². The summed E-state index contributed by atoms with van der Waals surface area (Å²) in [5.74, 6) is 0.962. The number of ether oxygens (including phenoxy) is 1. The molecule has 98 valence electrons. The van der Waals surface area contributed by atoms with Crippen LogP contribution in [0.3, 0.4) is 0 Å². The van der Waals surface area contributed by atoms with Crippen molar-refractivity contribution in [3.05, 3.63) is 27.7 Å². The number of halogens is 1. The molecule has 1 aliphatic rings. The third kappa shape index (κ3) is 3.23. The molecule has 0 bridgehead atoms. The molecule has 5 heteroatoms. The van der Waals surface area contributed by atoms with Gasteiger partial charge < -0.3 is 15.8 Å². The first-order chi connectivity index (χ1) is 8.70. The van der Waals surface area contributed by atoms with Crippen LogP contribution in [0.15, 0.2) is 16.6 Å². The SMILES string of the molecule is NCCCC(=O)NCc1cc(Br)cc2c1OCC2. The lowest BCUT2D eigenvalue weighted by molar-refractivity contribution is -0.121. The highest BCUT2D eigenvalue weighted by atomic mass is 79.9. The minimum atomic E-state index is 0.0344. The third-order valence-electron chi connectivity index (χ3n) is 2.91. The molecule has 0 aromatic heterocycles. The zero-order valence-corrected chi connectivity index (χ0v) is 11.8. The smallest absolute Gasteiger partial charge is 0.220 e. The normalized spacial score (nSPS) is 13.0. The van der Waals surface area contributed by atoms with Gasteiger partial charge in [-0.3, -0.25) is 4.79 Å². The summed E-state index contributed by atoms with van der Waals surface area (Å²) in [6.45, 7) is 1.77. The summed E-state index contributed by atoms with van der Waals surface area (Å²) in [4.78, 5) is 11.5. The molecular weight excluding hydrogens is 296 g/mol. The van der Waals surface area contributed by atoms with E-state index in [2.05, 4.69) is 27.3 Å². The summed E-state index contributed by atoms with van der Waals surface area (Å²) in [6.07, 6.45) is 2.13. The molecule has 1 aromatic rings. The first-order valence-electron chi connectivity index (χ1n) is 6.11. The molecule has 0 saturated carbocycles. The predicted molar refractivity (Wildman–Crippen MR) is 73.5 cm³/mol. The summed E-state index contributed by atoms with van der Waals surface area (Å²) >= 11 is 3.48. The van der Waals surface area contributed by atoms with Crippen LogP contribution in [0.4, 0.5) is 0 Å². The third-order valence-corrected chi connectivity index (χ3v) is 3.37. The maximum atomic E-state index is 11.5. The predicted octanol–water partition coefficient (Wildman–Crippen LogP) is 1.74. The molecule has 1 aliphatic heterocycles. The van der Waals surface area contributed by atoms with Gasteiger partial charge in [-0.05, 0) is 30.7 Å². The van der Waals surface area contributed by atoms with E-state index in [1.165, 1.54) is 5.56 Å². The number of rotatable bonds is 5. The lowest BCUT2D eigenvalue weighted by Crippen LogP contribution is -2.23. The van der Waals surface area contributed by atoms with Crippen molar-refractivity contribution in [1.82, 2.24) is 5.32 Å². The second-order valence-electron chi connectivity index (χ2n) is 4.32. The summed E-state index contributed by atoms with van der Waals surface area (Å²) in [6, 6.07) is 4.06. The Morgan fingerprint density at radius 3 is 3.11 bits per heavy atom. The van der Waals surface area contributed by atoms with Gasteiger partial charge in [0.25, 0.3) is 0 Å². The lowest BCUT2D eigenvalue weighted by Gasteiger charge is -2.10. The van der Waals surface area contributed by atoms with Crippen molar-refractivity contribution in [3.8, 4) is 5.75 Å². The number of hydrogen-bond acceptors (Lipinski definition) is 3. The van der Waals surface area contributed by atoms with E-state index in [0.29, 0.717) is 19.5 Å². The van der Waals surface area contributed by atoms with Crippen LogP contribution >= 0.6 is 15.9 Å². The molecule has 4 nitrogen and oxygen atoms in total. The van der Waals surface area contributed by atoms with E-state index < -0.39 is 0 Å². The highest BCUT2D eigenvalue weighted by Gasteiger charge is 2.17. The molecule has 1 aromatic carbocycles. The maximum absolute atomic E-state index is 11.5. The molecule has 1 amide bonds. The summed E-state index contributed by atoms with van der Waals surface area (Å²) < 4.78 is 6.63. The Labute approximate surface area is 115 Å². The van der Waals surface area contributed by atoms with Crippen molar-refractivity contribution in [1.29, 1.82) is 0 Å². The molecule has 3 N–H and O–H groups in total. The fraction of sp³-hybridized carbons (Fsp3) is 0.462. The van der Waals surface area contributed by atoms with Gasteiger partial charge in [0, 0.05) is 29.4 Å². The fourth-order valence-electron chi connectivity index (χ4n) is 2.02. The van der Waals surface area contributed by atoms with Gasteiger partial charge in [0.15, 0.2) is 0 Å². The van der Waals surface area contributed by atoms with Crippen molar-refractivity contribution < 1.29 is 9.53 Å². The Kier molecular flexibility index (Phi) is 4.60. The molecule has 0 unspecified atom stereocenters. The number of nitrogens with two attached hydrogens (primary N) is 1. The van der Waals surface area contributed by atoms with Crippen molar-refractivity contribution >= 4 is 21.8 Å². The summed E-state index contributed by atoms with van der Waals surface area (Å²) in [5, 5.41) is 2.90. The largest absolute Gasteiger partial charge is 0.493 e. The second kappa shape index (κ2) is 6.20. The van der Waals surface area contributed by atoms with Crippen molar-refractivity contribution in [2.24, 2.45) is 5.73 Å². The van der Waals surface area contributed by atoms with Gasteiger partial charge in [0.05, 0.1) is 6.61 Å². The Bertz CT molecular complexity index is 449. The van der Waals surface area contributed by atoms with E-state index in [0.717, 1.165) is 35.2 Å². The standard InChI is InChI=1S/C13H17BrN2O2/c14-11-6-9-3-5-18-13(9)10(7-11)8-16-12(17)2-1-4-15/h6-7H,1-5,8,15H2,(H,16,17). The zero-order chi connectivity index (χ0) is 13.0. The van der Waals surface area contributed by atoms with Crippen LogP contribution in [0.1, 0.15) is 24.0 Å². The van der Waals surface area contributed by atoms with E-state index in [4.69, 9.17) is 10.5 Å². The van der Waals surface area contributed by atoms with E-state index in [9.17, 15) is 4.79 Å². The van der Waals surface area contributed by atoms with Crippen LogP contribution in [0.5, 0.6) is 5.75 Å². The number of carbonyl (C=O) groups is 1. The maximum Gasteiger partial charge on any atom is 0.220 e. The monoisotopic (exact) mass is 312 g/mol. The molecule has 2 rings (SSSR count). The van der Waals surface area contributed by atoms with Crippen LogP contribution < -0.4 is 15.8 Å². The first kappa shape index (κ1) is 13.4. The van der Waals surface area contributed by atoms with E-state index in [-0.39, 0.29) is 5.91 Å². The minimum absolute atomic E-state index is 0.0344. The number of benzene rings is 1. The van der Waals surface area contributed by atoms with Crippen LogP contribution in [-0.2, 0) is 17.8 Å². The second-order valence-corrected chi connectivity index (χ2v) is 5.24. The minimum Gasteiger partial charge on any atom is -0.493 e. The Morgan fingerprint density at radius 1 is 1.50 bits per heavy atom. The Morgan fingerprint density at radius 2 is 2.33 bits per heavy atom. The van der Waals surface area contributed by atoms with Crippen LogP contribution in [0.25, 0.3) is 0 Å². The van der Waals surface area contributed by atoms with Crippen LogP contribution in [0.2, 0.25) is 0 Å². The number of fused-ring (bicyclic) bond motifs is 1. The van der Waals surface area contributed by atoms with Gasteiger partial charge in [-0.25, -0.2) is 0 Å². The van der Waals surface area contributed by atoms with Gasteiger partial charge in [0.1, 0.15) is 5.75 Å². The highest BCUT2D eigenvalue weighted by molar-refractivity contribution is 9.10. The molecule has 0 aliphatic carbocycles. The van der Waals surface area contributed by atoms with E-state index >= 15 is 0 Å². The molecule has 0 radical (unpaired) electrons. The number of hydrogen-bond donors (Lipinski definition) is 2. The molecule has 0 fully saturated rings. The molecule has 0 saturated heterocycles.